The van der Waals surface area contributed by atoms with E-state index in [0.29, 0.717) is 18.4 Å². The van der Waals surface area contributed by atoms with E-state index in [1.807, 2.05) is 13.0 Å². The Balaban J connectivity index is 2.56. The van der Waals surface area contributed by atoms with Crippen LogP contribution in [0.3, 0.4) is 0 Å². The monoisotopic (exact) mass is 262 g/mol. The Morgan fingerprint density at radius 3 is 2.05 bits per heavy atom. The van der Waals surface area contributed by atoms with Gasteiger partial charge in [-0.15, -0.1) is 0 Å². The van der Waals surface area contributed by atoms with Crippen LogP contribution in [-0.2, 0) is 5.60 Å². The predicted molar refractivity (Wildman–Crippen MR) is 70.7 cm³/mol. The molecule has 0 bridgehead atoms. The molecule has 1 N–H and O–H groups in total. The van der Waals surface area contributed by atoms with Gasteiger partial charge >= 0.3 is 0 Å². The van der Waals surface area contributed by atoms with E-state index in [0.717, 1.165) is 6.07 Å². The van der Waals surface area contributed by atoms with Crippen molar-refractivity contribution in [3.63, 3.8) is 0 Å². The van der Waals surface area contributed by atoms with Gasteiger partial charge in [0.15, 0.2) is 0 Å². The van der Waals surface area contributed by atoms with Crippen LogP contribution in [-0.4, -0.2) is 5.11 Å². The van der Waals surface area contributed by atoms with E-state index in [1.165, 1.54) is 12.1 Å². The van der Waals surface area contributed by atoms with Gasteiger partial charge in [-0.25, -0.2) is 8.78 Å². The maximum Gasteiger partial charge on any atom is 0.126 e. The first-order valence-corrected chi connectivity index (χ1v) is 6.30. The van der Waals surface area contributed by atoms with E-state index in [9.17, 15) is 13.9 Å². The molecule has 0 saturated carbocycles. The molecule has 100 valence electrons. The third kappa shape index (κ3) is 2.82. The Morgan fingerprint density at radius 2 is 1.53 bits per heavy atom. The zero-order chi connectivity index (χ0) is 13.9. The van der Waals surface area contributed by atoms with Crippen LogP contribution in [0.5, 0.6) is 0 Å². The van der Waals surface area contributed by atoms with Crippen LogP contribution in [0, 0.1) is 11.6 Å². The van der Waals surface area contributed by atoms with E-state index < -0.39 is 17.2 Å². The third-order valence-corrected chi connectivity index (χ3v) is 3.20. The average molecular weight is 262 g/mol. The van der Waals surface area contributed by atoms with Crippen molar-refractivity contribution in [1.82, 2.24) is 0 Å². The molecule has 0 spiro atoms. The SMILES string of the molecule is CCCC(O)(c1ccccc1)c1cc(F)cc(F)c1. The molecule has 1 nitrogen and oxygen atoms in total. The Kier molecular flexibility index (Phi) is 3.96. The maximum atomic E-state index is 13.4. The van der Waals surface area contributed by atoms with Crippen LogP contribution >= 0.6 is 0 Å². The number of halogens is 2. The zero-order valence-electron chi connectivity index (χ0n) is 10.7. The smallest absolute Gasteiger partial charge is 0.126 e. The van der Waals surface area contributed by atoms with E-state index in [-0.39, 0.29) is 5.56 Å². The second kappa shape index (κ2) is 5.49. The van der Waals surface area contributed by atoms with Crippen molar-refractivity contribution in [2.24, 2.45) is 0 Å². The first-order chi connectivity index (χ1) is 9.06. The Hall–Kier alpha value is -1.74. The Morgan fingerprint density at radius 1 is 0.947 bits per heavy atom. The lowest BCUT2D eigenvalue weighted by Gasteiger charge is -2.29. The maximum absolute atomic E-state index is 13.4. The van der Waals surface area contributed by atoms with E-state index in [1.54, 1.807) is 24.3 Å². The van der Waals surface area contributed by atoms with Crippen LogP contribution < -0.4 is 0 Å². The van der Waals surface area contributed by atoms with Crippen LogP contribution in [0.4, 0.5) is 8.78 Å². The highest BCUT2D eigenvalue weighted by atomic mass is 19.1. The lowest BCUT2D eigenvalue weighted by molar-refractivity contribution is 0.0695. The fraction of sp³-hybridized carbons (Fsp3) is 0.250. The first kappa shape index (κ1) is 13.7. The molecule has 0 saturated heterocycles. The average Bonchev–Trinajstić information content (AvgIpc) is 2.39. The molecule has 3 heteroatoms. The first-order valence-electron chi connectivity index (χ1n) is 6.30. The number of aliphatic hydroxyl groups is 1. The molecule has 0 heterocycles. The van der Waals surface area contributed by atoms with Crippen LogP contribution in [0.25, 0.3) is 0 Å². The molecule has 19 heavy (non-hydrogen) atoms. The molecule has 2 rings (SSSR count). The van der Waals surface area contributed by atoms with Crippen molar-refractivity contribution in [3.05, 3.63) is 71.3 Å². The lowest BCUT2D eigenvalue weighted by atomic mass is 9.83. The minimum Gasteiger partial charge on any atom is -0.380 e. The summed E-state index contributed by atoms with van der Waals surface area (Å²) in [6, 6.07) is 12.1. The molecule has 0 amide bonds. The minimum atomic E-state index is -1.36. The van der Waals surface area contributed by atoms with Gasteiger partial charge in [-0.05, 0) is 29.7 Å². The molecule has 0 radical (unpaired) electrons. The fourth-order valence-corrected chi connectivity index (χ4v) is 2.32. The number of rotatable bonds is 4. The summed E-state index contributed by atoms with van der Waals surface area (Å²) in [7, 11) is 0. The molecule has 1 unspecified atom stereocenters. The molecule has 1 atom stereocenters. The van der Waals surface area contributed by atoms with Crippen molar-refractivity contribution in [3.8, 4) is 0 Å². The summed E-state index contributed by atoms with van der Waals surface area (Å²) in [5.74, 6) is -1.36. The van der Waals surface area contributed by atoms with E-state index in [4.69, 9.17) is 0 Å². The molecule has 0 aliphatic heterocycles. The normalized spacial score (nSPS) is 14.1. The van der Waals surface area contributed by atoms with Gasteiger partial charge in [-0.1, -0.05) is 43.7 Å². The van der Waals surface area contributed by atoms with Crippen molar-refractivity contribution in [2.45, 2.75) is 25.4 Å². The van der Waals surface area contributed by atoms with Gasteiger partial charge in [0.2, 0.25) is 0 Å². The van der Waals surface area contributed by atoms with Gasteiger partial charge in [0, 0.05) is 6.07 Å². The summed E-state index contributed by atoms with van der Waals surface area (Å²) in [6.45, 7) is 1.92. The van der Waals surface area contributed by atoms with E-state index >= 15 is 0 Å². The summed E-state index contributed by atoms with van der Waals surface area (Å²) in [6.07, 6.45) is 1.10. The Labute approximate surface area is 111 Å². The lowest BCUT2D eigenvalue weighted by Crippen LogP contribution is -2.27. The topological polar surface area (TPSA) is 20.2 Å². The summed E-state index contributed by atoms with van der Waals surface area (Å²) in [5.41, 5.74) is -0.473. The van der Waals surface area contributed by atoms with E-state index in [2.05, 4.69) is 0 Å². The van der Waals surface area contributed by atoms with Gasteiger partial charge in [0.25, 0.3) is 0 Å². The summed E-state index contributed by atoms with van der Waals surface area (Å²) in [4.78, 5) is 0. The van der Waals surface area contributed by atoms with Gasteiger partial charge in [-0.2, -0.15) is 0 Å². The highest BCUT2D eigenvalue weighted by Crippen LogP contribution is 2.34. The summed E-state index contributed by atoms with van der Waals surface area (Å²) < 4.78 is 26.7. The quantitative estimate of drug-likeness (QED) is 0.883. The largest absolute Gasteiger partial charge is 0.380 e. The van der Waals surface area contributed by atoms with Crippen molar-refractivity contribution >= 4 is 0 Å². The number of hydrogen-bond acceptors (Lipinski definition) is 1. The minimum absolute atomic E-state index is 0.248. The van der Waals surface area contributed by atoms with Crippen molar-refractivity contribution in [2.75, 3.05) is 0 Å². The Bertz CT molecular complexity index is 534. The predicted octanol–water partition coefficient (Wildman–Crippen LogP) is 4.00. The highest BCUT2D eigenvalue weighted by Gasteiger charge is 2.31. The molecule has 0 aliphatic carbocycles. The molecule has 0 fully saturated rings. The molecular weight excluding hydrogens is 246 g/mol. The standard InChI is InChI=1S/C16H16F2O/c1-2-8-16(19,12-6-4-3-5-7-12)13-9-14(17)11-15(18)10-13/h3-7,9-11,19H,2,8H2,1H3. The molecular formula is C16H16F2O. The number of hydrogen-bond donors (Lipinski definition) is 1. The molecule has 2 aromatic carbocycles. The van der Waals surface area contributed by atoms with Gasteiger partial charge in [0.1, 0.15) is 17.2 Å². The molecule has 0 aliphatic rings. The van der Waals surface area contributed by atoms with Crippen LogP contribution in [0.15, 0.2) is 48.5 Å². The van der Waals surface area contributed by atoms with Crippen molar-refractivity contribution in [1.29, 1.82) is 0 Å². The van der Waals surface area contributed by atoms with Gasteiger partial charge < -0.3 is 5.11 Å². The fourth-order valence-electron chi connectivity index (χ4n) is 2.32. The molecule has 0 aromatic heterocycles. The summed E-state index contributed by atoms with van der Waals surface area (Å²) >= 11 is 0. The second-order valence-electron chi connectivity index (χ2n) is 4.63. The van der Waals surface area contributed by atoms with Crippen LogP contribution in [0.1, 0.15) is 30.9 Å². The summed E-state index contributed by atoms with van der Waals surface area (Å²) in [5, 5.41) is 10.9. The van der Waals surface area contributed by atoms with Crippen LogP contribution in [0.2, 0.25) is 0 Å². The van der Waals surface area contributed by atoms with Crippen molar-refractivity contribution < 1.29 is 13.9 Å². The second-order valence-corrected chi connectivity index (χ2v) is 4.63. The highest BCUT2D eigenvalue weighted by molar-refractivity contribution is 5.36. The zero-order valence-corrected chi connectivity index (χ0v) is 10.7. The number of benzene rings is 2. The van der Waals surface area contributed by atoms with Gasteiger partial charge in [0.05, 0.1) is 0 Å². The van der Waals surface area contributed by atoms with Gasteiger partial charge in [-0.3, -0.25) is 0 Å². The third-order valence-electron chi connectivity index (χ3n) is 3.20. The molecule has 2 aromatic rings.